The molecule has 2 aliphatic heterocycles. The van der Waals surface area contributed by atoms with Gasteiger partial charge in [-0.15, -0.1) is 0 Å². The van der Waals surface area contributed by atoms with Crippen LogP contribution in [0, 0.1) is 0 Å². The summed E-state index contributed by atoms with van der Waals surface area (Å²) < 4.78 is 12.9. The molecule has 10 aromatic carbocycles. The molecule has 314 valence electrons. The average Bonchev–Trinajstić information content (AvgIpc) is 3.68. The lowest BCUT2D eigenvalue weighted by Gasteiger charge is -2.39. The largest absolute Gasteiger partial charge is 0.488 e. The van der Waals surface area contributed by atoms with Gasteiger partial charge in [-0.05, 0) is 126 Å². The monoisotopic (exact) mass is 846 g/mol. The van der Waals surface area contributed by atoms with Gasteiger partial charge in [0.15, 0.2) is 0 Å². The van der Waals surface area contributed by atoms with Crippen molar-refractivity contribution in [3.05, 3.63) is 269 Å². The lowest BCUT2D eigenvalue weighted by atomic mass is 9.65. The number of rotatable bonds is 7. The standard InChI is InChI=1S/C64H46O2/c1-41(43-28-30-44(31-29-43)47-33-36-60-55(39-47)50-20-7-6-18-48(50)40-65-60)54(52-22-10-9-19-49(52)45-15-3-2-4-16-45)37-42-27-34-53-59(38-42)64(58-35-32-46-17-5-8-21-51(46)63(53)58)56-23-11-13-25-61(56)66-62-26-14-12-24-57(62)64/h2-36,38-39,41,54H,37,40H2,1H3. The molecule has 2 atom stereocenters. The van der Waals surface area contributed by atoms with Crippen molar-refractivity contribution >= 4 is 10.8 Å². The fourth-order valence-corrected chi connectivity index (χ4v) is 11.7. The van der Waals surface area contributed by atoms with Crippen LogP contribution in [0.4, 0.5) is 0 Å². The number of benzene rings is 10. The second-order valence-corrected chi connectivity index (χ2v) is 18.3. The Labute approximate surface area is 386 Å². The maximum Gasteiger partial charge on any atom is 0.132 e. The SMILES string of the molecule is CC(c1ccc(-c2ccc3c(c2)-c2ccccc2CO3)cc1)C(Cc1ccc2c(c1)C1(c3ccccc3Oc3ccccc31)c1ccc3ccccc3c1-2)c1ccccc1-c1ccccc1. The summed E-state index contributed by atoms with van der Waals surface area (Å²) in [7, 11) is 0. The van der Waals surface area contributed by atoms with Crippen LogP contribution in [0.5, 0.6) is 17.2 Å². The fraction of sp³-hybridized carbons (Fsp3) is 0.0938. The molecule has 0 aromatic heterocycles. The Balaban J connectivity index is 0.953. The normalized spacial score (nSPS) is 14.4. The molecule has 2 heteroatoms. The Morgan fingerprint density at radius 2 is 1.14 bits per heavy atom. The first kappa shape index (κ1) is 38.5. The van der Waals surface area contributed by atoms with Gasteiger partial charge in [-0.2, -0.15) is 0 Å². The number of fused-ring (bicyclic) bond motifs is 14. The molecule has 1 spiro atoms. The molecule has 10 aromatic rings. The molecule has 0 amide bonds. The van der Waals surface area contributed by atoms with Gasteiger partial charge in [-0.3, -0.25) is 0 Å². The van der Waals surface area contributed by atoms with Gasteiger partial charge in [0.1, 0.15) is 23.9 Å². The first-order chi connectivity index (χ1) is 32.6. The van der Waals surface area contributed by atoms with Crippen LogP contribution in [0.2, 0.25) is 0 Å². The van der Waals surface area contributed by atoms with Crippen molar-refractivity contribution in [2.45, 2.75) is 37.2 Å². The lowest BCUT2D eigenvalue weighted by molar-refractivity contribution is 0.302. The lowest BCUT2D eigenvalue weighted by Crippen LogP contribution is -2.32. The van der Waals surface area contributed by atoms with Crippen LogP contribution in [-0.2, 0) is 18.4 Å². The Bertz CT molecular complexity index is 3460. The quantitative estimate of drug-likeness (QED) is 0.159. The first-order valence-electron chi connectivity index (χ1n) is 23.3. The highest BCUT2D eigenvalue weighted by atomic mass is 16.5. The van der Waals surface area contributed by atoms with Crippen molar-refractivity contribution in [2.24, 2.45) is 0 Å². The zero-order chi connectivity index (χ0) is 43.8. The number of hydrogen-bond acceptors (Lipinski definition) is 2. The Kier molecular flexibility index (Phi) is 8.96. The third-order valence-corrected chi connectivity index (χ3v) is 14.8. The average molecular weight is 847 g/mol. The van der Waals surface area contributed by atoms with E-state index >= 15 is 0 Å². The Morgan fingerprint density at radius 1 is 0.455 bits per heavy atom. The summed E-state index contributed by atoms with van der Waals surface area (Å²) in [6.07, 6.45) is 0.858. The molecule has 0 saturated heterocycles. The van der Waals surface area contributed by atoms with Crippen LogP contribution in [0.25, 0.3) is 55.3 Å². The number of hydrogen-bond donors (Lipinski definition) is 0. The van der Waals surface area contributed by atoms with Gasteiger partial charge < -0.3 is 9.47 Å². The van der Waals surface area contributed by atoms with Crippen LogP contribution < -0.4 is 9.47 Å². The Hall–Kier alpha value is -7.94. The zero-order valence-electron chi connectivity index (χ0n) is 36.7. The predicted octanol–water partition coefficient (Wildman–Crippen LogP) is 16.3. The summed E-state index contributed by atoms with van der Waals surface area (Å²) in [5.74, 6) is 3.13. The van der Waals surface area contributed by atoms with E-state index in [0.717, 1.165) is 29.2 Å². The van der Waals surface area contributed by atoms with E-state index in [9.17, 15) is 0 Å². The van der Waals surface area contributed by atoms with E-state index in [1.165, 1.54) is 94.2 Å². The molecule has 0 saturated carbocycles. The van der Waals surface area contributed by atoms with Gasteiger partial charge in [-0.1, -0.05) is 207 Å². The molecule has 0 bridgehead atoms. The molecule has 2 unspecified atom stereocenters. The van der Waals surface area contributed by atoms with E-state index in [1.807, 2.05) is 0 Å². The Morgan fingerprint density at radius 3 is 1.95 bits per heavy atom. The van der Waals surface area contributed by atoms with E-state index in [2.05, 4.69) is 231 Å². The summed E-state index contributed by atoms with van der Waals surface area (Å²) in [6, 6.07) is 82.8. The predicted molar refractivity (Wildman–Crippen MR) is 270 cm³/mol. The van der Waals surface area contributed by atoms with Crippen molar-refractivity contribution in [3.63, 3.8) is 0 Å². The third kappa shape index (κ3) is 5.95. The molecule has 2 heterocycles. The van der Waals surface area contributed by atoms with Crippen molar-refractivity contribution in [1.82, 2.24) is 0 Å². The summed E-state index contributed by atoms with van der Waals surface area (Å²) in [5.41, 5.74) is 19.6. The summed E-state index contributed by atoms with van der Waals surface area (Å²) >= 11 is 0. The van der Waals surface area contributed by atoms with Crippen LogP contribution in [-0.4, -0.2) is 0 Å². The van der Waals surface area contributed by atoms with Gasteiger partial charge in [0.2, 0.25) is 0 Å². The van der Waals surface area contributed by atoms with Crippen molar-refractivity contribution < 1.29 is 9.47 Å². The molecule has 13 rings (SSSR count). The highest BCUT2D eigenvalue weighted by molar-refractivity contribution is 6.04. The molecular weight excluding hydrogens is 801 g/mol. The topological polar surface area (TPSA) is 18.5 Å². The zero-order valence-corrected chi connectivity index (χ0v) is 36.7. The van der Waals surface area contributed by atoms with E-state index in [0.29, 0.717) is 6.61 Å². The summed E-state index contributed by atoms with van der Waals surface area (Å²) in [4.78, 5) is 0. The maximum absolute atomic E-state index is 6.74. The molecule has 66 heavy (non-hydrogen) atoms. The minimum absolute atomic E-state index is 0.164. The van der Waals surface area contributed by atoms with Crippen LogP contribution in [0.3, 0.4) is 0 Å². The third-order valence-electron chi connectivity index (χ3n) is 14.8. The minimum Gasteiger partial charge on any atom is -0.488 e. The number of ether oxygens (including phenoxy) is 2. The van der Waals surface area contributed by atoms with Gasteiger partial charge in [0.25, 0.3) is 0 Å². The molecule has 0 N–H and O–H groups in total. The van der Waals surface area contributed by atoms with Crippen LogP contribution in [0.1, 0.15) is 63.3 Å². The van der Waals surface area contributed by atoms with E-state index in [4.69, 9.17) is 9.47 Å². The molecule has 1 aliphatic carbocycles. The van der Waals surface area contributed by atoms with Crippen LogP contribution >= 0.6 is 0 Å². The minimum atomic E-state index is -0.556. The van der Waals surface area contributed by atoms with Gasteiger partial charge >= 0.3 is 0 Å². The highest BCUT2D eigenvalue weighted by Gasteiger charge is 2.51. The van der Waals surface area contributed by atoms with E-state index < -0.39 is 5.41 Å². The van der Waals surface area contributed by atoms with Crippen LogP contribution in [0.15, 0.2) is 224 Å². The van der Waals surface area contributed by atoms with E-state index in [1.54, 1.807) is 0 Å². The smallest absolute Gasteiger partial charge is 0.132 e. The molecular formula is C64H46O2. The van der Waals surface area contributed by atoms with Gasteiger partial charge in [0, 0.05) is 16.7 Å². The van der Waals surface area contributed by atoms with Crippen molar-refractivity contribution in [1.29, 1.82) is 0 Å². The molecule has 0 radical (unpaired) electrons. The first-order valence-corrected chi connectivity index (χ1v) is 23.3. The number of para-hydroxylation sites is 2. The van der Waals surface area contributed by atoms with Crippen molar-refractivity contribution in [3.8, 4) is 61.8 Å². The second-order valence-electron chi connectivity index (χ2n) is 18.3. The summed E-state index contributed by atoms with van der Waals surface area (Å²) in [6.45, 7) is 3.04. The van der Waals surface area contributed by atoms with Crippen molar-refractivity contribution in [2.75, 3.05) is 0 Å². The highest BCUT2D eigenvalue weighted by Crippen LogP contribution is 2.63. The molecule has 2 nitrogen and oxygen atoms in total. The molecule has 0 fully saturated rings. The van der Waals surface area contributed by atoms with Gasteiger partial charge in [0.05, 0.1) is 5.41 Å². The summed E-state index contributed by atoms with van der Waals surface area (Å²) in [5, 5.41) is 2.53. The maximum atomic E-state index is 6.74. The second kappa shape index (κ2) is 15.4. The van der Waals surface area contributed by atoms with Gasteiger partial charge in [-0.25, -0.2) is 0 Å². The van der Waals surface area contributed by atoms with E-state index in [-0.39, 0.29) is 11.8 Å². The molecule has 3 aliphatic rings. The fourth-order valence-electron chi connectivity index (χ4n) is 11.7.